The van der Waals surface area contributed by atoms with Gasteiger partial charge in [0.05, 0.1) is 15.5 Å². The van der Waals surface area contributed by atoms with E-state index in [4.69, 9.17) is 11.6 Å². The highest BCUT2D eigenvalue weighted by atomic mass is 35.5. The number of benzene rings is 2. The van der Waals surface area contributed by atoms with E-state index in [1.165, 1.54) is 30.8 Å². The molecule has 2 N–H and O–H groups in total. The highest BCUT2D eigenvalue weighted by molar-refractivity contribution is 7.89. The van der Waals surface area contributed by atoms with Gasteiger partial charge in [-0.2, -0.15) is 0 Å². The Hall–Kier alpha value is -1.89. The first-order valence-electron chi connectivity index (χ1n) is 8.00. The van der Waals surface area contributed by atoms with Crippen LogP contribution in [0.2, 0.25) is 5.02 Å². The quantitative estimate of drug-likeness (QED) is 0.766. The lowest BCUT2D eigenvalue weighted by Gasteiger charge is -2.10. The molecular formula is C18H21ClN2O3S. The van der Waals surface area contributed by atoms with Gasteiger partial charge in [-0.3, -0.25) is 4.79 Å². The second-order valence-electron chi connectivity index (χ2n) is 5.60. The first kappa shape index (κ1) is 19.4. The van der Waals surface area contributed by atoms with Gasteiger partial charge in [0.2, 0.25) is 10.0 Å². The van der Waals surface area contributed by atoms with Gasteiger partial charge in [-0.25, -0.2) is 13.1 Å². The summed E-state index contributed by atoms with van der Waals surface area (Å²) in [5.74, 6) is -0.459. The van der Waals surface area contributed by atoms with E-state index in [1.807, 2.05) is 24.3 Å². The Morgan fingerprint density at radius 3 is 2.40 bits per heavy atom. The Morgan fingerprint density at radius 1 is 1.12 bits per heavy atom. The van der Waals surface area contributed by atoms with Gasteiger partial charge in [0, 0.05) is 5.69 Å². The van der Waals surface area contributed by atoms with Gasteiger partial charge in [0.25, 0.3) is 5.91 Å². The molecule has 0 bridgehead atoms. The van der Waals surface area contributed by atoms with Crippen molar-refractivity contribution < 1.29 is 13.2 Å². The topological polar surface area (TPSA) is 75.3 Å². The zero-order valence-corrected chi connectivity index (χ0v) is 15.7. The smallest absolute Gasteiger partial charge is 0.257 e. The SMILES string of the molecule is CCCCc1ccc(NC(=O)c2cc(S(=O)(=O)NC)ccc2Cl)cc1. The fourth-order valence-corrected chi connectivity index (χ4v) is 3.26. The fraction of sp³-hybridized carbons (Fsp3) is 0.278. The summed E-state index contributed by atoms with van der Waals surface area (Å²) in [4.78, 5) is 12.4. The predicted octanol–water partition coefficient (Wildman–Crippen LogP) is 3.84. The van der Waals surface area contributed by atoms with Crippen LogP contribution < -0.4 is 10.0 Å². The second kappa shape index (κ2) is 8.47. The molecule has 0 spiro atoms. The maximum absolute atomic E-state index is 12.4. The molecule has 0 aliphatic carbocycles. The van der Waals surface area contributed by atoms with Crippen molar-refractivity contribution in [3.8, 4) is 0 Å². The molecule has 0 aliphatic heterocycles. The van der Waals surface area contributed by atoms with E-state index in [1.54, 1.807) is 0 Å². The molecule has 25 heavy (non-hydrogen) atoms. The average Bonchev–Trinajstić information content (AvgIpc) is 2.61. The van der Waals surface area contributed by atoms with Gasteiger partial charge in [-0.15, -0.1) is 0 Å². The van der Waals surface area contributed by atoms with Gasteiger partial charge >= 0.3 is 0 Å². The minimum atomic E-state index is -3.65. The van der Waals surface area contributed by atoms with Crippen molar-refractivity contribution in [1.29, 1.82) is 0 Å². The molecule has 0 unspecified atom stereocenters. The van der Waals surface area contributed by atoms with E-state index in [9.17, 15) is 13.2 Å². The molecule has 5 nitrogen and oxygen atoms in total. The third-order valence-electron chi connectivity index (χ3n) is 3.79. The Kier molecular flexibility index (Phi) is 6.58. The number of aryl methyl sites for hydroxylation is 1. The molecule has 0 saturated carbocycles. The third-order valence-corrected chi connectivity index (χ3v) is 5.53. The van der Waals surface area contributed by atoms with Crippen molar-refractivity contribution in [2.24, 2.45) is 0 Å². The second-order valence-corrected chi connectivity index (χ2v) is 7.90. The van der Waals surface area contributed by atoms with E-state index >= 15 is 0 Å². The molecule has 2 aromatic rings. The van der Waals surface area contributed by atoms with Crippen molar-refractivity contribution in [3.05, 3.63) is 58.6 Å². The molecule has 0 aromatic heterocycles. The highest BCUT2D eigenvalue weighted by Crippen LogP contribution is 2.22. The molecule has 0 heterocycles. The van der Waals surface area contributed by atoms with Crippen LogP contribution in [0, 0.1) is 0 Å². The summed E-state index contributed by atoms with van der Waals surface area (Å²) >= 11 is 6.06. The van der Waals surface area contributed by atoms with Gasteiger partial charge in [-0.1, -0.05) is 37.1 Å². The van der Waals surface area contributed by atoms with Crippen LogP contribution in [0.1, 0.15) is 35.7 Å². The molecule has 0 radical (unpaired) electrons. The highest BCUT2D eigenvalue weighted by Gasteiger charge is 2.17. The van der Waals surface area contributed by atoms with Crippen molar-refractivity contribution in [2.45, 2.75) is 31.1 Å². The van der Waals surface area contributed by atoms with Crippen LogP contribution in [0.5, 0.6) is 0 Å². The number of halogens is 1. The molecule has 0 saturated heterocycles. The Labute approximate surface area is 153 Å². The van der Waals surface area contributed by atoms with E-state index in [2.05, 4.69) is 17.0 Å². The lowest BCUT2D eigenvalue weighted by molar-refractivity contribution is 0.102. The van der Waals surface area contributed by atoms with Gasteiger partial charge in [0.1, 0.15) is 0 Å². The average molecular weight is 381 g/mol. The van der Waals surface area contributed by atoms with Crippen LogP contribution in [0.15, 0.2) is 47.4 Å². The predicted molar refractivity (Wildman–Crippen MR) is 101 cm³/mol. The Morgan fingerprint density at radius 2 is 1.80 bits per heavy atom. The number of unbranched alkanes of at least 4 members (excludes halogenated alkanes) is 1. The number of carbonyl (C=O) groups is 1. The number of hydrogen-bond donors (Lipinski definition) is 2. The number of hydrogen-bond acceptors (Lipinski definition) is 3. The number of rotatable bonds is 7. The lowest BCUT2D eigenvalue weighted by Crippen LogP contribution is -2.20. The van der Waals surface area contributed by atoms with Gasteiger partial charge in [-0.05, 0) is 55.8 Å². The normalized spacial score (nSPS) is 11.3. The molecule has 0 aliphatic rings. The molecule has 2 aromatic carbocycles. The molecule has 134 valence electrons. The van der Waals surface area contributed by atoms with Crippen LogP contribution >= 0.6 is 11.6 Å². The maximum atomic E-state index is 12.4. The number of sulfonamides is 1. The summed E-state index contributed by atoms with van der Waals surface area (Å²) < 4.78 is 26.0. The van der Waals surface area contributed by atoms with Crippen LogP contribution in [-0.4, -0.2) is 21.4 Å². The summed E-state index contributed by atoms with van der Waals surface area (Å²) in [5.41, 5.74) is 1.94. The minimum Gasteiger partial charge on any atom is -0.322 e. The van der Waals surface area contributed by atoms with Crippen LogP contribution in [-0.2, 0) is 16.4 Å². The summed E-state index contributed by atoms with van der Waals surface area (Å²) in [5, 5.41) is 2.93. The number of carbonyl (C=O) groups excluding carboxylic acids is 1. The van der Waals surface area contributed by atoms with Crippen LogP contribution in [0.4, 0.5) is 5.69 Å². The minimum absolute atomic E-state index is 0.0144. The number of anilines is 1. The van der Waals surface area contributed by atoms with Crippen LogP contribution in [0.3, 0.4) is 0 Å². The van der Waals surface area contributed by atoms with E-state index < -0.39 is 15.9 Å². The molecule has 7 heteroatoms. The number of amides is 1. The van der Waals surface area contributed by atoms with Gasteiger partial charge in [0.15, 0.2) is 0 Å². The first-order chi connectivity index (χ1) is 11.9. The Balaban J connectivity index is 2.19. The van der Waals surface area contributed by atoms with Crippen molar-refractivity contribution >= 4 is 33.2 Å². The van der Waals surface area contributed by atoms with E-state index in [-0.39, 0.29) is 15.5 Å². The number of nitrogens with one attached hydrogen (secondary N) is 2. The van der Waals surface area contributed by atoms with Crippen molar-refractivity contribution in [2.75, 3.05) is 12.4 Å². The summed E-state index contributed by atoms with van der Waals surface area (Å²) in [6.07, 6.45) is 3.25. The summed E-state index contributed by atoms with van der Waals surface area (Å²) in [7, 11) is -2.34. The summed E-state index contributed by atoms with van der Waals surface area (Å²) in [6, 6.07) is 11.6. The molecular weight excluding hydrogens is 360 g/mol. The monoisotopic (exact) mass is 380 g/mol. The summed E-state index contributed by atoms with van der Waals surface area (Å²) in [6.45, 7) is 2.14. The first-order valence-corrected chi connectivity index (χ1v) is 9.87. The Bertz CT molecular complexity index is 849. The van der Waals surface area contributed by atoms with E-state index in [0.29, 0.717) is 5.69 Å². The zero-order valence-electron chi connectivity index (χ0n) is 14.2. The van der Waals surface area contributed by atoms with Gasteiger partial charge < -0.3 is 5.32 Å². The van der Waals surface area contributed by atoms with E-state index in [0.717, 1.165) is 19.3 Å². The molecule has 0 atom stereocenters. The molecule has 0 fully saturated rings. The van der Waals surface area contributed by atoms with Crippen LogP contribution in [0.25, 0.3) is 0 Å². The van der Waals surface area contributed by atoms with Crippen molar-refractivity contribution in [3.63, 3.8) is 0 Å². The molecule has 1 amide bonds. The lowest BCUT2D eigenvalue weighted by atomic mass is 10.1. The standard InChI is InChI=1S/C18H21ClN2O3S/c1-3-4-5-13-6-8-14(9-7-13)21-18(22)16-12-15(10-11-17(16)19)25(23,24)20-2/h6-12,20H,3-5H2,1-2H3,(H,21,22). The van der Waals surface area contributed by atoms with Crippen molar-refractivity contribution in [1.82, 2.24) is 4.72 Å². The third kappa shape index (κ3) is 5.04. The molecule has 2 rings (SSSR count). The maximum Gasteiger partial charge on any atom is 0.257 e. The largest absolute Gasteiger partial charge is 0.322 e. The fourth-order valence-electron chi connectivity index (χ4n) is 2.30. The zero-order chi connectivity index (χ0) is 18.4.